The first-order valence-corrected chi connectivity index (χ1v) is 25.3. The van der Waals surface area contributed by atoms with Crippen LogP contribution in [0.1, 0.15) is 239 Å². The lowest BCUT2D eigenvalue weighted by atomic mass is 9.99. The summed E-state index contributed by atoms with van der Waals surface area (Å²) in [6.07, 6.45) is 41.1. The van der Waals surface area contributed by atoms with Crippen molar-refractivity contribution in [2.24, 2.45) is 0 Å². The van der Waals surface area contributed by atoms with Gasteiger partial charge in [0, 0.05) is 13.0 Å². The van der Waals surface area contributed by atoms with Crippen LogP contribution in [0.15, 0.2) is 12.2 Å². The van der Waals surface area contributed by atoms with Crippen molar-refractivity contribution in [2.75, 3.05) is 26.4 Å². The number of aliphatic hydroxyl groups excluding tert-OH is 4. The normalized spacial score (nSPS) is 20.1. The lowest BCUT2D eigenvalue weighted by molar-refractivity contribution is -0.305. The van der Waals surface area contributed by atoms with Crippen molar-refractivity contribution in [1.82, 2.24) is 0 Å². The molecule has 1 saturated heterocycles. The van der Waals surface area contributed by atoms with Crippen LogP contribution in [0.5, 0.6) is 0 Å². The monoisotopic (exact) mass is 841 g/mol. The van der Waals surface area contributed by atoms with Gasteiger partial charge in [-0.1, -0.05) is 206 Å². The zero-order chi connectivity index (χ0) is 42.9. The smallest absolute Gasteiger partial charge is 0.306 e. The molecule has 0 aromatic heterocycles. The van der Waals surface area contributed by atoms with Gasteiger partial charge in [0.1, 0.15) is 30.5 Å². The SMILES string of the molecule is CCCCC/C=C\CCCCCCCCOCC(COC1OC(CO)C(O)C(O)C1O)OC(=O)CCCCCCCCCCCCCCCCCCCCCCCCC. The summed E-state index contributed by atoms with van der Waals surface area (Å²) in [6, 6.07) is 0. The number of hydrogen-bond acceptors (Lipinski definition) is 9. The molecule has 9 nitrogen and oxygen atoms in total. The van der Waals surface area contributed by atoms with Crippen LogP contribution in [-0.4, -0.2) is 89.6 Å². The van der Waals surface area contributed by atoms with Crippen molar-refractivity contribution in [1.29, 1.82) is 0 Å². The van der Waals surface area contributed by atoms with E-state index in [9.17, 15) is 25.2 Å². The second-order valence-corrected chi connectivity index (χ2v) is 17.6. The Balaban J connectivity index is 2.16. The number of hydrogen-bond donors (Lipinski definition) is 4. The molecule has 1 rings (SSSR count). The molecule has 0 saturated carbocycles. The van der Waals surface area contributed by atoms with Gasteiger partial charge in [0.2, 0.25) is 0 Å². The average molecular weight is 841 g/mol. The van der Waals surface area contributed by atoms with E-state index in [1.54, 1.807) is 0 Å². The minimum atomic E-state index is -1.53. The molecule has 4 N–H and O–H groups in total. The van der Waals surface area contributed by atoms with Crippen LogP contribution in [0.25, 0.3) is 0 Å². The van der Waals surface area contributed by atoms with Gasteiger partial charge in [-0.15, -0.1) is 0 Å². The summed E-state index contributed by atoms with van der Waals surface area (Å²) in [7, 11) is 0. The predicted octanol–water partition coefficient (Wildman–Crippen LogP) is 12.0. The molecule has 1 fully saturated rings. The van der Waals surface area contributed by atoms with Crippen LogP contribution in [0, 0.1) is 0 Å². The summed E-state index contributed by atoms with van der Waals surface area (Å²) in [5, 5.41) is 40.2. The molecule has 0 bridgehead atoms. The highest BCUT2D eigenvalue weighted by atomic mass is 16.7. The Labute approximate surface area is 363 Å². The van der Waals surface area contributed by atoms with Crippen LogP contribution in [-0.2, 0) is 23.7 Å². The van der Waals surface area contributed by atoms with Crippen molar-refractivity contribution >= 4 is 5.97 Å². The van der Waals surface area contributed by atoms with Gasteiger partial charge in [-0.3, -0.25) is 4.79 Å². The number of carbonyl (C=O) groups is 1. The van der Waals surface area contributed by atoms with Crippen LogP contribution in [0.3, 0.4) is 0 Å². The molecular formula is C50H96O9. The largest absolute Gasteiger partial charge is 0.457 e. The van der Waals surface area contributed by atoms with E-state index >= 15 is 0 Å². The summed E-state index contributed by atoms with van der Waals surface area (Å²) in [4.78, 5) is 12.8. The van der Waals surface area contributed by atoms with E-state index in [1.165, 1.54) is 186 Å². The van der Waals surface area contributed by atoms with Gasteiger partial charge in [0.05, 0.1) is 19.8 Å². The van der Waals surface area contributed by atoms with Gasteiger partial charge in [0.15, 0.2) is 6.29 Å². The highest BCUT2D eigenvalue weighted by molar-refractivity contribution is 5.69. The summed E-state index contributed by atoms with van der Waals surface area (Å²) in [5.41, 5.74) is 0. The van der Waals surface area contributed by atoms with Gasteiger partial charge in [0.25, 0.3) is 0 Å². The number of allylic oxidation sites excluding steroid dienone is 2. The summed E-state index contributed by atoms with van der Waals surface area (Å²) >= 11 is 0. The second kappa shape index (κ2) is 42.2. The Morgan fingerprint density at radius 1 is 0.525 bits per heavy atom. The van der Waals surface area contributed by atoms with Crippen molar-refractivity contribution in [2.45, 2.75) is 275 Å². The molecule has 0 aliphatic carbocycles. The fraction of sp³-hybridized carbons (Fsp3) is 0.940. The number of carbonyl (C=O) groups excluding carboxylic acids is 1. The summed E-state index contributed by atoms with van der Waals surface area (Å²) in [6.45, 7) is 4.57. The highest BCUT2D eigenvalue weighted by Crippen LogP contribution is 2.23. The van der Waals surface area contributed by atoms with Crippen LogP contribution in [0.4, 0.5) is 0 Å². The predicted molar refractivity (Wildman–Crippen MR) is 243 cm³/mol. The Bertz CT molecular complexity index is 915. The van der Waals surface area contributed by atoms with E-state index in [2.05, 4.69) is 26.0 Å². The van der Waals surface area contributed by atoms with Crippen molar-refractivity contribution in [3.05, 3.63) is 12.2 Å². The molecule has 6 unspecified atom stereocenters. The number of rotatable bonds is 44. The Hall–Kier alpha value is -1.07. The number of ether oxygens (including phenoxy) is 4. The number of aliphatic hydroxyl groups is 4. The molecule has 59 heavy (non-hydrogen) atoms. The fourth-order valence-electron chi connectivity index (χ4n) is 7.96. The van der Waals surface area contributed by atoms with E-state index in [-0.39, 0.29) is 19.2 Å². The first-order chi connectivity index (χ1) is 28.9. The third-order valence-electron chi connectivity index (χ3n) is 11.9. The Morgan fingerprint density at radius 2 is 0.932 bits per heavy atom. The first kappa shape index (κ1) is 55.9. The van der Waals surface area contributed by atoms with E-state index in [0.717, 1.165) is 32.1 Å². The maximum Gasteiger partial charge on any atom is 0.306 e. The van der Waals surface area contributed by atoms with Gasteiger partial charge in [-0.25, -0.2) is 0 Å². The van der Waals surface area contributed by atoms with Gasteiger partial charge in [-0.05, 0) is 38.5 Å². The quantitative estimate of drug-likeness (QED) is 0.0269. The van der Waals surface area contributed by atoms with Crippen molar-refractivity contribution in [3.8, 4) is 0 Å². The second-order valence-electron chi connectivity index (χ2n) is 17.6. The van der Waals surface area contributed by atoms with E-state index in [0.29, 0.717) is 13.0 Å². The summed E-state index contributed by atoms with van der Waals surface area (Å²) in [5.74, 6) is -0.310. The van der Waals surface area contributed by atoms with Crippen molar-refractivity contribution < 1.29 is 44.2 Å². The van der Waals surface area contributed by atoms with E-state index < -0.39 is 43.4 Å². The molecule has 1 aliphatic heterocycles. The lowest BCUT2D eigenvalue weighted by Crippen LogP contribution is -2.59. The minimum absolute atomic E-state index is 0.110. The molecule has 0 aromatic carbocycles. The molecule has 0 radical (unpaired) electrons. The summed E-state index contributed by atoms with van der Waals surface area (Å²) < 4.78 is 22.9. The Morgan fingerprint density at radius 3 is 1.41 bits per heavy atom. The van der Waals surface area contributed by atoms with Gasteiger partial charge in [-0.2, -0.15) is 0 Å². The van der Waals surface area contributed by atoms with Crippen LogP contribution < -0.4 is 0 Å². The fourth-order valence-corrected chi connectivity index (χ4v) is 7.96. The maximum absolute atomic E-state index is 12.8. The molecule has 350 valence electrons. The number of unbranched alkanes of at least 4 members (excludes halogenated alkanes) is 31. The molecule has 0 spiro atoms. The Kier molecular flexibility index (Phi) is 40.1. The van der Waals surface area contributed by atoms with Crippen LogP contribution >= 0.6 is 0 Å². The molecule has 9 heteroatoms. The third-order valence-corrected chi connectivity index (χ3v) is 11.9. The third kappa shape index (κ3) is 33.2. The highest BCUT2D eigenvalue weighted by Gasteiger charge is 2.44. The van der Waals surface area contributed by atoms with Gasteiger partial charge < -0.3 is 39.4 Å². The van der Waals surface area contributed by atoms with Crippen molar-refractivity contribution in [3.63, 3.8) is 0 Å². The molecular weight excluding hydrogens is 745 g/mol. The lowest BCUT2D eigenvalue weighted by Gasteiger charge is -2.39. The minimum Gasteiger partial charge on any atom is -0.457 e. The molecule has 1 aliphatic rings. The molecule has 6 atom stereocenters. The molecule has 0 amide bonds. The standard InChI is InChI=1S/C50H96O9/c1-3-5-7-9-11-13-15-17-18-19-20-21-22-23-24-25-26-27-29-31-33-35-37-39-46(52)58-44(43-57-50-49(55)48(54)47(53)45(41-51)59-50)42-56-40-38-36-34-32-30-28-16-14-12-10-8-6-4-2/h12,14,44-45,47-51,53-55H,3-11,13,15-43H2,1-2H3/b14-12-. The molecule has 1 heterocycles. The van der Waals surface area contributed by atoms with Crippen LogP contribution in [0.2, 0.25) is 0 Å². The first-order valence-electron chi connectivity index (χ1n) is 25.3. The van der Waals surface area contributed by atoms with E-state index in [1.807, 2.05) is 0 Å². The molecule has 0 aromatic rings. The zero-order valence-electron chi connectivity index (χ0n) is 38.5. The average Bonchev–Trinajstić information content (AvgIpc) is 3.24. The topological polar surface area (TPSA) is 135 Å². The van der Waals surface area contributed by atoms with E-state index in [4.69, 9.17) is 18.9 Å². The zero-order valence-corrected chi connectivity index (χ0v) is 38.5. The number of esters is 1. The maximum atomic E-state index is 12.8. The van der Waals surface area contributed by atoms with Gasteiger partial charge >= 0.3 is 5.97 Å².